The quantitative estimate of drug-likeness (QED) is 0.0466. The van der Waals surface area contributed by atoms with Crippen molar-refractivity contribution in [1.82, 2.24) is 29.9 Å². The molecule has 12 heterocycles. The summed E-state index contributed by atoms with van der Waals surface area (Å²) in [5.74, 6) is 2.77. The third-order valence-corrected chi connectivity index (χ3v) is 23.3. The van der Waals surface area contributed by atoms with Crippen LogP contribution in [0.25, 0.3) is 0 Å². The molecule has 0 radical (unpaired) electrons. The average molecular weight is 1580 g/mol. The van der Waals surface area contributed by atoms with Crippen molar-refractivity contribution in [2.24, 2.45) is 17.2 Å². The van der Waals surface area contributed by atoms with E-state index in [0.29, 0.717) is 55.3 Å². The molecule has 6 aromatic rings. The van der Waals surface area contributed by atoms with E-state index in [0.717, 1.165) is 205 Å². The summed E-state index contributed by atoms with van der Waals surface area (Å²) in [6.45, 7) is 52.2. The number of morpholine rings is 6. The van der Waals surface area contributed by atoms with Crippen molar-refractivity contribution in [1.29, 1.82) is 0 Å². The second-order valence-electron chi connectivity index (χ2n) is 36.7. The third-order valence-electron chi connectivity index (χ3n) is 23.3. The molecule has 6 aliphatic heterocycles. The molecule has 24 nitrogen and oxygen atoms in total. The van der Waals surface area contributed by atoms with Gasteiger partial charge < -0.3 is 90.3 Å². The smallest absolute Gasteiger partial charge is 0.104 e. The molecule has 114 heavy (non-hydrogen) atoms. The van der Waals surface area contributed by atoms with Gasteiger partial charge >= 0.3 is 0 Å². The van der Waals surface area contributed by atoms with Gasteiger partial charge in [0, 0.05) is 129 Å². The van der Waals surface area contributed by atoms with Crippen molar-refractivity contribution in [3.8, 4) is 0 Å². The summed E-state index contributed by atoms with van der Waals surface area (Å²) >= 11 is 0. The van der Waals surface area contributed by atoms with Crippen LogP contribution < -0.4 is 46.6 Å². The first-order chi connectivity index (χ1) is 53.9. The van der Waals surface area contributed by atoms with Crippen LogP contribution in [0.15, 0.2) is 110 Å². The number of nitrogens with zero attached hydrogens (tertiary/aromatic N) is 12. The lowest BCUT2D eigenvalue weighted by Crippen LogP contribution is -2.56. The van der Waals surface area contributed by atoms with E-state index in [2.05, 4.69) is 215 Å². The second-order valence-corrected chi connectivity index (χ2v) is 36.7. The van der Waals surface area contributed by atoms with Crippen LogP contribution in [0, 0.1) is 0 Å². The van der Waals surface area contributed by atoms with E-state index >= 15 is 0 Å². The maximum absolute atomic E-state index is 10.2. The highest BCUT2D eigenvalue weighted by Crippen LogP contribution is 2.44. The molecule has 9 aliphatic rings. The Hall–Kier alpha value is -6.78. The van der Waals surface area contributed by atoms with E-state index in [1.165, 1.54) is 0 Å². The highest BCUT2D eigenvalue weighted by atomic mass is 16.5. The van der Waals surface area contributed by atoms with Crippen molar-refractivity contribution in [3.63, 3.8) is 0 Å². The fraction of sp³-hybridized carbons (Fsp3) is 0.667. The molecule has 0 bridgehead atoms. The van der Waals surface area contributed by atoms with Gasteiger partial charge in [0.05, 0.1) is 146 Å². The lowest BCUT2D eigenvalue weighted by Gasteiger charge is -2.40. The second kappa shape index (κ2) is 39.2. The maximum Gasteiger partial charge on any atom is 0.104 e. The van der Waals surface area contributed by atoms with Crippen molar-refractivity contribution < 1.29 is 43.7 Å². The van der Waals surface area contributed by atoms with Crippen molar-refractivity contribution >= 4 is 34.1 Å². The zero-order chi connectivity index (χ0) is 82.5. The zero-order valence-electron chi connectivity index (χ0n) is 72.2. The molecule has 9 N–H and O–H groups in total. The Bertz CT molecular complexity index is 3230. The molecule has 6 saturated heterocycles. The SMILES string of the molecule is CC(C)c1ccc(N2CCOC(C(C)(C)N)C2)cn1.CC(C)c1ccc(N2CCOC(C3(O)CC3)C2)cn1.CC(C)c1ccc(N2CCO[C@@H](C(C)(C)N)C2)cn1.CC(C)c1ccc(N2CCO[C@@H](C3(O)CC3)C2)cn1.CC(C)c1ccc(N2CCO[C@H](C(C)(C)N)C2)cn1.CC(C)c1ccc(N2CCO[C@H](C3(O)CC3)C2)cn1. The van der Waals surface area contributed by atoms with Crippen LogP contribution in [0.4, 0.5) is 34.1 Å². The summed E-state index contributed by atoms with van der Waals surface area (Å²) in [7, 11) is 0. The number of hydrogen-bond donors (Lipinski definition) is 6. The molecule has 6 aromatic heterocycles. The Morgan fingerprint density at radius 1 is 0.289 bits per heavy atom. The predicted molar refractivity (Wildman–Crippen MR) is 459 cm³/mol. The topological polar surface area (TPSA) is 291 Å². The highest BCUT2D eigenvalue weighted by Gasteiger charge is 2.52. The van der Waals surface area contributed by atoms with Gasteiger partial charge in [0.1, 0.15) is 18.3 Å². The molecule has 6 atom stereocenters. The number of aliphatic hydroxyl groups is 3. The minimum atomic E-state index is -0.566. The van der Waals surface area contributed by atoms with E-state index in [1.54, 1.807) is 0 Å². The van der Waals surface area contributed by atoms with Gasteiger partial charge in [0.25, 0.3) is 0 Å². The molecular weight excluding hydrogens is 1440 g/mol. The number of ether oxygens (including phenoxy) is 6. The largest absolute Gasteiger partial charge is 0.387 e. The molecule has 630 valence electrons. The average Bonchev–Trinajstić information content (AvgIpc) is 1.64. The van der Waals surface area contributed by atoms with Crippen molar-refractivity contribution in [2.45, 2.75) is 269 Å². The maximum atomic E-state index is 10.2. The Morgan fingerprint density at radius 3 is 0.596 bits per heavy atom. The van der Waals surface area contributed by atoms with E-state index in [9.17, 15) is 15.3 Å². The summed E-state index contributed by atoms with van der Waals surface area (Å²) in [5, 5.41) is 30.5. The van der Waals surface area contributed by atoms with E-state index in [1.807, 2.05) is 78.7 Å². The number of pyridine rings is 6. The first-order valence-electron chi connectivity index (χ1n) is 42.4. The standard InChI is InChI=1S/3C15H25N3O.3C15H22N2O2/c3*1-11(2)13-6-5-12(9-17-13)18-7-8-19-14(10-18)15(3,4)16;3*1-11(2)13-4-3-12(9-16-13)17-7-8-19-14(10-17)15(18)5-6-15/h3*5-6,9,11,14H,7-8,10,16H2,1-4H3;3*3-4,9,11,14,18H,5-8,10H2,1-2H3/t2*14-;;2*14-;/m10.10./s1. The van der Waals surface area contributed by atoms with Gasteiger partial charge in [-0.25, -0.2) is 0 Å². The van der Waals surface area contributed by atoms with Crippen LogP contribution in [0.5, 0.6) is 0 Å². The summed E-state index contributed by atoms with van der Waals surface area (Å²) in [6, 6.07) is 25.4. The molecule has 0 spiro atoms. The lowest BCUT2D eigenvalue weighted by molar-refractivity contribution is -0.0586. The number of anilines is 6. The molecule has 9 fully saturated rings. The van der Waals surface area contributed by atoms with Crippen LogP contribution in [-0.2, 0) is 28.4 Å². The third kappa shape index (κ3) is 25.4. The predicted octanol–water partition coefficient (Wildman–Crippen LogP) is 12.2. The summed E-state index contributed by atoms with van der Waals surface area (Å²) in [5.41, 5.74) is 29.4. The molecule has 3 aliphatic carbocycles. The van der Waals surface area contributed by atoms with Gasteiger partial charge in [0.15, 0.2) is 0 Å². The van der Waals surface area contributed by atoms with Gasteiger partial charge in [0.2, 0.25) is 0 Å². The molecule has 24 heteroatoms. The van der Waals surface area contributed by atoms with Crippen LogP contribution in [0.3, 0.4) is 0 Å². The minimum Gasteiger partial charge on any atom is -0.387 e. The summed E-state index contributed by atoms with van der Waals surface area (Å²) < 4.78 is 34.4. The van der Waals surface area contributed by atoms with Crippen LogP contribution in [0.1, 0.15) is 233 Å². The molecule has 2 unspecified atom stereocenters. The molecular formula is C90H141N15O9. The molecule has 0 amide bonds. The highest BCUT2D eigenvalue weighted by molar-refractivity contribution is 5.50. The normalized spacial score (nSPS) is 23.3. The molecule has 3 saturated carbocycles. The summed E-state index contributed by atoms with van der Waals surface area (Å²) in [4.78, 5) is 40.8. The Balaban J connectivity index is 0.000000145. The number of aromatic nitrogens is 6. The van der Waals surface area contributed by atoms with Crippen molar-refractivity contribution in [2.75, 3.05) is 148 Å². The van der Waals surface area contributed by atoms with Crippen molar-refractivity contribution in [3.05, 3.63) is 144 Å². The molecule has 15 rings (SSSR count). The first-order valence-corrected chi connectivity index (χ1v) is 42.4. The number of hydrogen-bond acceptors (Lipinski definition) is 24. The fourth-order valence-electron chi connectivity index (χ4n) is 14.5. The Kier molecular flexibility index (Phi) is 30.8. The number of rotatable bonds is 18. The van der Waals surface area contributed by atoms with Crippen LogP contribution in [-0.4, -0.2) is 233 Å². The van der Waals surface area contributed by atoms with E-state index in [-0.39, 0.29) is 53.2 Å². The van der Waals surface area contributed by atoms with Gasteiger partial charge in [-0.2, -0.15) is 0 Å². The van der Waals surface area contributed by atoms with Gasteiger partial charge in [-0.1, -0.05) is 83.1 Å². The lowest BCUT2D eigenvalue weighted by atomic mass is 9.97. The summed E-state index contributed by atoms with van der Waals surface area (Å²) in [6.07, 6.45) is 17.0. The monoisotopic (exact) mass is 1580 g/mol. The minimum absolute atomic E-state index is 0.0500. The fourth-order valence-corrected chi connectivity index (χ4v) is 14.5. The van der Waals surface area contributed by atoms with Gasteiger partial charge in [-0.15, -0.1) is 0 Å². The van der Waals surface area contributed by atoms with Crippen LogP contribution >= 0.6 is 0 Å². The number of nitrogens with two attached hydrogens (primary N) is 3. The first kappa shape index (κ1) is 89.6. The van der Waals surface area contributed by atoms with E-state index < -0.39 is 16.8 Å². The van der Waals surface area contributed by atoms with Gasteiger partial charge in [-0.3, -0.25) is 29.9 Å². The zero-order valence-corrected chi connectivity index (χ0v) is 72.2. The van der Waals surface area contributed by atoms with E-state index in [4.69, 9.17) is 45.6 Å². The molecule has 0 aromatic carbocycles. The Morgan fingerprint density at radius 2 is 0.456 bits per heavy atom. The van der Waals surface area contributed by atoms with Gasteiger partial charge in [-0.05, 0) is 188 Å². The van der Waals surface area contributed by atoms with Crippen LogP contribution in [0.2, 0.25) is 0 Å². The Labute approximate surface area is 682 Å².